The summed E-state index contributed by atoms with van der Waals surface area (Å²) in [6, 6.07) is 12.5. The summed E-state index contributed by atoms with van der Waals surface area (Å²) in [5.41, 5.74) is 5.95. The first kappa shape index (κ1) is 13.7. The van der Waals surface area contributed by atoms with Gasteiger partial charge < -0.3 is 9.72 Å². The van der Waals surface area contributed by atoms with Gasteiger partial charge in [0, 0.05) is 6.42 Å². The highest BCUT2D eigenvalue weighted by atomic mass is 16.5. The van der Waals surface area contributed by atoms with Crippen molar-refractivity contribution in [3.63, 3.8) is 0 Å². The average Bonchev–Trinajstić information content (AvgIpc) is 2.83. The smallest absolute Gasteiger partial charge is 0.119 e. The molecule has 0 aliphatic heterocycles. The molecule has 0 aliphatic carbocycles. The predicted molar refractivity (Wildman–Crippen MR) is 86.0 cm³/mol. The fraction of sp³-hybridized carbons (Fsp3) is 0.278. The fourth-order valence-corrected chi connectivity index (χ4v) is 2.47. The third kappa shape index (κ3) is 2.92. The lowest BCUT2D eigenvalue weighted by atomic mass is 10.1. The normalized spacial score (nSPS) is 11.0. The van der Waals surface area contributed by atoms with E-state index in [-0.39, 0.29) is 0 Å². The number of aromatic amines is 1. The van der Waals surface area contributed by atoms with Crippen LogP contribution in [0, 0.1) is 13.8 Å². The first-order chi connectivity index (χ1) is 10.2. The first-order valence-corrected chi connectivity index (χ1v) is 7.33. The van der Waals surface area contributed by atoms with Crippen LogP contribution in [0.2, 0.25) is 0 Å². The van der Waals surface area contributed by atoms with Crippen LogP contribution in [0.3, 0.4) is 0 Å². The molecule has 0 saturated carbocycles. The Morgan fingerprint density at radius 1 is 1.05 bits per heavy atom. The third-order valence-electron chi connectivity index (χ3n) is 3.75. The predicted octanol–water partition coefficient (Wildman–Crippen LogP) is 4.17. The van der Waals surface area contributed by atoms with E-state index in [1.807, 2.05) is 19.1 Å². The van der Waals surface area contributed by atoms with E-state index < -0.39 is 0 Å². The van der Waals surface area contributed by atoms with Crippen molar-refractivity contribution < 1.29 is 4.74 Å². The zero-order valence-electron chi connectivity index (χ0n) is 12.7. The molecule has 3 heteroatoms. The number of ether oxygens (including phenoxy) is 1. The summed E-state index contributed by atoms with van der Waals surface area (Å²) in [6.45, 7) is 6.94. The second kappa shape index (κ2) is 5.60. The summed E-state index contributed by atoms with van der Waals surface area (Å²) in [4.78, 5) is 8.09. The van der Waals surface area contributed by atoms with Crippen molar-refractivity contribution in [1.82, 2.24) is 9.97 Å². The zero-order valence-corrected chi connectivity index (χ0v) is 12.7. The summed E-state index contributed by atoms with van der Waals surface area (Å²) in [5.74, 6) is 1.91. The lowest BCUT2D eigenvalue weighted by Gasteiger charge is -2.03. The van der Waals surface area contributed by atoms with E-state index in [2.05, 4.69) is 48.1 Å². The quantitative estimate of drug-likeness (QED) is 0.779. The molecule has 1 aromatic heterocycles. The minimum atomic E-state index is 0.696. The molecule has 3 aromatic rings. The van der Waals surface area contributed by atoms with Crippen molar-refractivity contribution in [2.24, 2.45) is 0 Å². The number of nitrogens with one attached hydrogen (secondary N) is 1. The molecule has 0 amide bonds. The maximum Gasteiger partial charge on any atom is 0.119 e. The highest BCUT2D eigenvalue weighted by Crippen LogP contribution is 2.19. The van der Waals surface area contributed by atoms with Crippen molar-refractivity contribution in [3.05, 3.63) is 58.9 Å². The van der Waals surface area contributed by atoms with Crippen LogP contribution >= 0.6 is 0 Å². The van der Waals surface area contributed by atoms with Gasteiger partial charge in [0.15, 0.2) is 0 Å². The van der Waals surface area contributed by atoms with Crippen molar-refractivity contribution in [2.75, 3.05) is 6.61 Å². The molecule has 1 N–H and O–H groups in total. The van der Waals surface area contributed by atoms with E-state index in [0.29, 0.717) is 6.61 Å². The van der Waals surface area contributed by atoms with Crippen molar-refractivity contribution >= 4 is 11.0 Å². The Balaban J connectivity index is 1.84. The van der Waals surface area contributed by atoms with Gasteiger partial charge in [-0.3, -0.25) is 0 Å². The standard InChI is InChI=1S/C18H20N2O/c1-4-21-15-7-5-14(6-8-15)11-18-19-16-9-12(2)13(3)10-17(16)20-18/h5-10H,4,11H2,1-3H3,(H,19,20). The molecule has 0 unspecified atom stereocenters. The van der Waals surface area contributed by atoms with Gasteiger partial charge in [-0.1, -0.05) is 12.1 Å². The third-order valence-corrected chi connectivity index (χ3v) is 3.75. The summed E-state index contributed by atoms with van der Waals surface area (Å²) < 4.78 is 5.46. The Labute approximate surface area is 125 Å². The molecule has 108 valence electrons. The Morgan fingerprint density at radius 2 is 1.76 bits per heavy atom. The number of hydrogen-bond donors (Lipinski definition) is 1. The molecule has 0 radical (unpaired) electrons. The number of aryl methyl sites for hydroxylation is 2. The number of benzene rings is 2. The number of imidazole rings is 1. The van der Waals surface area contributed by atoms with E-state index in [9.17, 15) is 0 Å². The first-order valence-electron chi connectivity index (χ1n) is 7.33. The van der Waals surface area contributed by atoms with Crippen molar-refractivity contribution in [2.45, 2.75) is 27.2 Å². The topological polar surface area (TPSA) is 37.9 Å². The molecule has 3 nitrogen and oxygen atoms in total. The number of nitrogens with zero attached hydrogens (tertiary/aromatic N) is 1. The molecule has 0 atom stereocenters. The average molecular weight is 280 g/mol. The Morgan fingerprint density at radius 3 is 2.48 bits per heavy atom. The Bertz CT molecular complexity index is 718. The van der Waals surface area contributed by atoms with Gasteiger partial charge in [-0.05, 0) is 61.7 Å². The van der Waals surface area contributed by atoms with Gasteiger partial charge in [0.1, 0.15) is 11.6 Å². The number of H-pyrrole nitrogens is 1. The van der Waals surface area contributed by atoms with Crippen LogP contribution < -0.4 is 4.74 Å². The van der Waals surface area contributed by atoms with Crippen molar-refractivity contribution in [3.8, 4) is 5.75 Å². The lowest BCUT2D eigenvalue weighted by molar-refractivity contribution is 0.340. The molecule has 2 aromatic carbocycles. The fourth-order valence-electron chi connectivity index (χ4n) is 2.47. The van der Waals surface area contributed by atoms with Gasteiger partial charge in [-0.2, -0.15) is 0 Å². The van der Waals surface area contributed by atoms with E-state index in [1.165, 1.54) is 16.7 Å². The summed E-state index contributed by atoms with van der Waals surface area (Å²) in [5, 5.41) is 0. The number of fused-ring (bicyclic) bond motifs is 1. The largest absolute Gasteiger partial charge is 0.494 e. The number of hydrogen-bond acceptors (Lipinski definition) is 2. The summed E-state index contributed by atoms with van der Waals surface area (Å²) in [6.07, 6.45) is 0.805. The van der Waals surface area contributed by atoms with Gasteiger partial charge in [-0.15, -0.1) is 0 Å². The second-order valence-electron chi connectivity index (χ2n) is 5.39. The van der Waals surface area contributed by atoms with Crippen LogP contribution in [0.4, 0.5) is 0 Å². The molecule has 0 saturated heterocycles. The van der Waals surface area contributed by atoms with Crippen LogP contribution in [0.15, 0.2) is 36.4 Å². The summed E-state index contributed by atoms with van der Waals surface area (Å²) >= 11 is 0. The van der Waals surface area contributed by atoms with Crippen LogP contribution in [0.1, 0.15) is 29.4 Å². The molecular weight excluding hydrogens is 260 g/mol. The van der Waals surface area contributed by atoms with Gasteiger partial charge in [0.05, 0.1) is 17.6 Å². The summed E-state index contributed by atoms with van der Waals surface area (Å²) in [7, 11) is 0. The van der Waals surface area contributed by atoms with Crippen LogP contribution in [0.25, 0.3) is 11.0 Å². The Kier molecular flexibility index (Phi) is 3.65. The van der Waals surface area contributed by atoms with E-state index in [0.717, 1.165) is 29.0 Å². The number of aromatic nitrogens is 2. The van der Waals surface area contributed by atoms with Crippen molar-refractivity contribution in [1.29, 1.82) is 0 Å². The maximum atomic E-state index is 5.46. The molecule has 0 aliphatic rings. The van der Waals surface area contributed by atoms with Gasteiger partial charge in [0.25, 0.3) is 0 Å². The lowest BCUT2D eigenvalue weighted by Crippen LogP contribution is -1.93. The van der Waals surface area contributed by atoms with Gasteiger partial charge in [-0.25, -0.2) is 4.98 Å². The monoisotopic (exact) mass is 280 g/mol. The highest BCUT2D eigenvalue weighted by Gasteiger charge is 2.06. The van der Waals surface area contributed by atoms with E-state index in [1.54, 1.807) is 0 Å². The molecule has 3 rings (SSSR count). The zero-order chi connectivity index (χ0) is 14.8. The molecule has 1 heterocycles. The maximum absolute atomic E-state index is 5.46. The molecule has 21 heavy (non-hydrogen) atoms. The molecule has 0 spiro atoms. The molecule has 0 bridgehead atoms. The minimum absolute atomic E-state index is 0.696. The number of rotatable bonds is 4. The van der Waals surface area contributed by atoms with Crippen LogP contribution in [-0.2, 0) is 6.42 Å². The second-order valence-corrected chi connectivity index (χ2v) is 5.39. The molecular formula is C18H20N2O. The van der Waals surface area contributed by atoms with Crippen LogP contribution in [-0.4, -0.2) is 16.6 Å². The SMILES string of the molecule is CCOc1ccc(Cc2nc3cc(C)c(C)cc3[nH]2)cc1. The van der Waals surface area contributed by atoms with Crippen LogP contribution in [0.5, 0.6) is 5.75 Å². The minimum Gasteiger partial charge on any atom is -0.494 e. The van der Waals surface area contributed by atoms with Gasteiger partial charge >= 0.3 is 0 Å². The Hall–Kier alpha value is -2.29. The molecule has 0 fully saturated rings. The highest BCUT2D eigenvalue weighted by molar-refractivity contribution is 5.77. The van der Waals surface area contributed by atoms with Gasteiger partial charge in [0.2, 0.25) is 0 Å². The van der Waals surface area contributed by atoms with E-state index in [4.69, 9.17) is 4.74 Å². The van der Waals surface area contributed by atoms with E-state index >= 15 is 0 Å².